The van der Waals surface area contributed by atoms with Gasteiger partial charge >= 0.3 is 11.9 Å². The molecule has 0 aromatic heterocycles. The molecule has 0 saturated heterocycles. The molecule has 0 rings (SSSR count). The van der Waals surface area contributed by atoms with Crippen molar-refractivity contribution in [2.75, 3.05) is 19.8 Å². The lowest BCUT2D eigenvalue weighted by molar-refractivity contribution is -0.163. The molecule has 0 fully saturated rings. The van der Waals surface area contributed by atoms with Crippen molar-refractivity contribution >= 4 is 11.9 Å². The minimum absolute atomic E-state index is 0.0475. The summed E-state index contributed by atoms with van der Waals surface area (Å²) in [6.07, 6.45) is 76.8. The fraction of sp³-hybridized carbons (Fsp3) is 0.672. The molecule has 0 heterocycles. The van der Waals surface area contributed by atoms with Gasteiger partial charge in [-0.05, 0) is 122 Å². The maximum Gasteiger partial charge on any atom is 0.306 e. The van der Waals surface area contributed by atoms with Crippen molar-refractivity contribution in [1.82, 2.24) is 0 Å². The van der Waals surface area contributed by atoms with Gasteiger partial charge in [0.25, 0.3) is 0 Å². The van der Waals surface area contributed by atoms with Crippen LogP contribution in [0.25, 0.3) is 0 Å². The Morgan fingerprint density at radius 3 is 1.09 bits per heavy atom. The molecule has 1 atom stereocenters. The molecule has 0 aliphatic heterocycles. The van der Waals surface area contributed by atoms with Crippen molar-refractivity contribution < 1.29 is 23.8 Å². The number of hydrogen-bond donors (Lipinski definition) is 0. The second kappa shape index (κ2) is 55.9. The van der Waals surface area contributed by atoms with Crippen LogP contribution in [0.4, 0.5) is 0 Å². The largest absolute Gasteiger partial charge is 0.462 e. The van der Waals surface area contributed by atoms with Gasteiger partial charge in [-0.15, -0.1) is 0 Å². The molecule has 0 aliphatic rings. The van der Waals surface area contributed by atoms with E-state index in [9.17, 15) is 9.59 Å². The third-order valence-corrected chi connectivity index (χ3v) is 11.3. The van der Waals surface area contributed by atoms with Crippen LogP contribution in [0.15, 0.2) is 109 Å². The summed E-state index contributed by atoms with van der Waals surface area (Å²) < 4.78 is 17.4. The van der Waals surface area contributed by atoms with Gasteiger partial charge in [-0.2, -0.15) is 0 Å². The monoisotopic (exact) mass is 915 g/mol. The number of carbonyl (C=O) groups excluding carboxylic acids is 2. The van der Waals surface area contributed by atoms with E-state index in [2.05, 4.69) is 130 Å². The molecule has 0 aromatic rings. The van der Waals surface area contributed by atoms with Crippen molar-refractivity contribution in [3.05, 3.63) is 109 Å². The average Bonchev–Trinajstić information content (AvgIpc) is 3.32. The summed E-state index contributed by atoms with van der Waals surface area (Å²) in [5.74, 6) is -0.454. The highest BCUT2D eigenvalue weighted by atomic mass is 16.6. The van der Waals surface area contributed by atoms with E-state index < -0.39 is 6.10 Å². The smallest absolute Gasteiger partial charge is 0.306 e. The van der Waals surface area contributed by atoms with Crippen molar-refractivity contribution in [3.8, 4) is 0 Å². The summed E-state index contributed by atoms with van der Waals surface area (Å²) in [5, 5.41) is 0. The van der Waals surface area contributed by atoms with Crippen LogP contribution in [0.5, 0.6) is 0 Å². The highest BCUT2D eigenvalue weighted by Crippen LogP contribution is 2.13. The molecule has 376 valence electrons. The second-order valence-corrected chi connectivity index (χ2v) is 17.7. The highest BCUT2D eigenvalue weighted by molar-refractivity contribution is 5.70. The van der Waals surface area contributed by atoms with Gasteiger partial charge in [0.1, 0.15) is 6.61 Å². The number of carbonyl (C=O) groups is 2. The Bertz CT molecular complexity index is 1310. The lowest BCUT2D eigenvalue weighted by Gasteiger charge is -2.18. The molecule has 66 heavy (non-hydrogen) atoms. The van der Waals surface area contributed by atoms with Gasteiger partial charge in [0.2, 0.25) is 0 Å². The standard InChI is InChI=1S/C61H102O5/c1-4-7-10-13-16-19-22-25-28-30-31-33-34-36-39-42-45-48-51-54-60(62)65-58-59(57-64-56-53-50-47-44-41-38-27-24-21-18-15-12-9-6-3)66-61(63)55-52-49-46-43-40-37-35-32-29-26-23-20-17-14-11-8-5-2/h9,12,16-21,25-29,31,33,38,44,47,59H,4-8,10-11,13-15,22-24,30,32,34-37,39-43,45-46,48-58H2,1-3H3/b12-9-,19-16-,20-17-,21-18-,28-25-,29-26-,33-31-,38-27-,47-44-. The minimum atomic E-state index is -0.581. The van der Waals surface area contributed by atoms with Crippen LogP contribution < -0.4 is 0 Å². The van der Waals surface area contributed by atoms with Crippen LogP contribution in [0, 0.1) is 0 Å². The third kappa shape index (κ3) is 53.2. The van der Waals surface area contributed by atoms with Gasteiger partial charge in [-0.25, -0.2) is 0 Å². The average molecular weight is 915 g/mol. The Kier molecular flexibility index (Phi) is 53.0. The van der Waals surface area contributed by atoms with E-state index in [1.54, 1.807) is 0 Å². The number of unbranched alkanes of at least 4 members (excludes halogenated alkanes) is 20. The van der Waals surface area contributed by atoms with Crippen LogP contribution in [-0.4, -0.2) is 37.9 Å². The molecule has 0 bridgehead atoms. The number of esters is 2. The maximum atomic E-state index is 12.8. The van der Waals surface area contributed by atoms with Gasteiger partial charge in [-0.3, -0.25) is 9.59 Å². The SMILES string of the molecule is CC/C=C\C/C=C\C/C=C\C/C=C\CCCOCC(COC(=O)CCCCCCCC/C=C\C/C=C\C/C=C\CCCCC)OC(=O)CCCCCCCCC/C=C\C/C=C\CCCCC. The second-order valence-electron chi connectivity index (χ2n) is 17.7. The fourth-order valence-corrected chi connectivity index (χ4v) is 7.20. The normalized spacial score (nSPS) is 13.1. The first kappa shape index (κ1) is 62.6. The first-order valence-corrected chi connectivity index (χ1v) is 27.4. The number of rotatable bonds is 49. The van der Waals surface area contributed by atoms with Gasteiger partial charge in [0, 0.05) is 19.4 Å². The van der Waals surface area contributed by atoms with E-state index in [4.69, 9.17) is 14.2 Å². The Balaban J connectivity index is 4.38. The van der Waals surface area contributed by atoms with Crippen molar-refractivity contribution in [3.63, 3.8) is 0 Å². The molecule has 5 heteroatoms. The summed E-state index contributed by atoms with van der Waals surface area (Å²) in [6.45, 7) is 7.50. The lowest BCUT2D eigenvalue weighted by Crippen LogP contribution is -2.30. The Hall–Kier alpha value is -3.44. The number of allylic oxidation sites excluding steroid dienone is 18. The minimum Gasteiger partial charge on any atom is -0.462 e. The van der Waals surface area contributed by atoms with E-state index in [0.29, 0.717) is 19.4 Å². The van der Waals surface area contributed by atoms with Gasteiger partial charge in [0.05, 0.1) is 6.61 Å². The van der Waals surface area contributed by atoms with Crippen LogP contribution in [0.3, 0.4) is 0 Å². The van der Waals surface area contributed by atoms with Crippen LogP contribution in [-0.2, 0) is 23.8 Å². The summed E-state index contributed by atoms with van der Waals surface area (Å²) in [4.78, 5) is 25.5. The van der Waals surface area contributed by atoms with Crippen LogP contribution in [0.1, 0.15) is 239 Å². The zero-order valence-corrected chi connectivity index (χ0v) is 43.2. The first-order valence-electron chi connectivity index (χ1n) is 27.4. The molecule has 0 radical (unpaired) electrons. The van der Waals surface area contributed by atoms with E-state index >= 15 is 0 Å². The Morgan fingerprint density at radius 2 is 0.682 bits per heavy atom. The molecule has 0 saturated carbocycles. The Labute approximate surface area is 408 Å². The van der Waals surface area contributed by atoms with E-state index in [-0.39, 0.29) is 25.2 Å². The lowest BCUT2D eigenvalue weighted by atomic mass is 10.1. The maximum absolute atomic E-state index is 12.8. The van der Waals surface area contributed by atoms with Gasteiger partial charge < -0.3 is 14.2 Å². The number of hydrogen-bond acceptors (Lipinski definition) is 5. The molecule has 0 aromatic carbocycles. The molecule has 5 nitrogen and oxygen atoms in total. The first-order chi connectivity index (χ1) is 32.6. The summed E-state index contributed by atoms with van der Waals surface area (Å²) in [7, 11) is 0. The zero-order valence-electron chi connectivity index (χ0n) is 43.2. The summed E-state index contributed by atoms with van der Waals surface area (Å²) in [5.41, 5.74) is 0. The van der Waals surface area contributed by atoms with Crippen LogP contribution in [0.2, 0.25) is 0 Å². The van der Waals surface area contributed by atoms with Crippen molar-refractivity contribution in [2.24, 2.45) is 0 Å². The highest BCUT2D eigenvalue weighted by Gasteiger charge is 2.17. The van der Waals surface area contributed by atoms with Gasteiger partial charge in [0.15, 0.2) is 6.10 Å². The number of ether oxygens (including phenoxy) is 3. The zero-order chi connectivity index (χ0) is 47.7. The Morgan fingerprint density at radius 1 is 0.348 bits per heavy atom. The van der Waals surface area contributed by atoms with Crippen molar-refractivity contribution in [2.45, 2.75) is 245 Å². The van der Waals surface area contributed by atoms with Crippen LogP contribution >= 0.6 is 0 Å². The molecular weight excluding hydrogens is 813 g/mol. The third-order valence-electron chi connectivity index (χ3n) is 11.3. The molecule has 0 N–H and O–H groups in total. The molecule has 1 unspecified atom stereocenters. The molecule has 0 spiro atoms. The fourth-order valence-electron chi connectivity index (χ4n) is 7.20. The quantitative estimate of drug-likeness (QED) is 0.0346. The van der Waals surface area contributed by atoms with E-state index in [1.807, 2.05) is 0 Å². The summed E-state index contributed by atoms with van der Waals surface area (Å²) in [6, 6.07) is 0. The molecule has 0 aliphatic carbocycles. The van der Waals surface area contributed by atoms with E-state index in [0.717, 1.165) is 109 Å². The predicted octanol–water partition coefficient (Wildman–Crippen LogP) is 18.8. The molecule has 0 amide bonds. The van der Waals surface area contributed by atoms with Crippen molar-refractivity contribution in [1.29, 1.82) is 0 Å². The van der Waals surface area contributed by atoms with E-state index in [1.165, 1.54) is 96.3 Å². The topological polar surface area (TPSA) is 61.8 Å². The van der Waals surface area contributed by atoms with Gasteiger partial charge in [-0.1, -0.05) is 214 Å². The summed E-state index contributed by atoms with van der Waals surface area (Å²) >= 11 is 0. The molecular formula is C61H102O5. The predicted molar refractivity (Wildman–Crippen MR) is 288 cm³/mol.